The molecule has 3 nitrogen and oxygen atoms in total. The fraction of sp³-hybridized carbons (Fsp3) is 0.867. The molecule has 0 saturated heterocycles. The van der Waals surface area contributed by atoms with Crippen molar-refractivity contribution < 1.29 is 14.3 Å². The van der Waals surface area contributed by atoms with Crippen molar-refractivity contribution in [3.63, 3.8) is 0 Å². The topological polar surface area (TPSA) is 43.4 Å². The van der Waals surface area contributed by atoms with Crippen molar-refractivity contribution in [2.45, 2.75) is 67.2 Å². The molecule has 0 N–H and O–H groups in total. The molecule has 0 aromatic heterocycles. The number of Topliss-reactive ketones (excluding diaryl/α,β-unsaturated/α-hetero) is 1. The largest absolute Gasteiger partial charge is 0.465 e. The van der Waals surface area contributed by atoms with Crippen molar-refractivity contribution in [2.75, 3.05) is 6.61 Å². The zero-order valence-corrected chi connectivity index (χ0v) is 12.9. The van der Waals surface area contributed by atoms with E-state index < -0.39 is 0 Å². The molecule has 0 fully saturated rings. The van der Waals surface area contributed by atoms with E-state index in [9.17, 15) is 9.59 Å². The molecule has 0 bridgehead atoms. The molecule has 0 radical (unpaired) electrons. The molecule has 2 atom stereocenters. The quantitative estimate of drug-likeness (QED) is 0.512. The van der Waals surface area contributed by atoms with Crippen LogP contribution in [0.2, 0.25) is 0 Å². The number of unbranched alkanes of at least 4 members (excludes halogenated alkanes) is 1. The van der Waals surface area contributed by atoms with Crippen LogP contribution in [0, 0.1) is 11.8 Å². The van der Waals surface area contributed by atoms with Gasteiger partial charge in [0, 0.05) is 5.92 Å². The molecule has 0 aliphatic carbocycles. The van der Waals surface area contributed by atoms with Crippen LogP contribution in [0.5, 0.6) is 0 Å². The summed E-state index contributed by atoms with van der Waals surface area (Å²) in [6, 6.07) is 0. The number of carbonyl (C=O) groups excluding carboxylic acids is 2. The summed E-state index contributed by atoms with van der Waals surface area (Å²) in [5.74, 6) is 0.565. The van der Waals surface area contributed by atoms with E-state index in [0.717, 1.165) is 25.7 Å². The second-order valence-corrected chi connectivity index (χ2v) is 4.75. The van der Waals surface area contributed by atoms with E-state index in [2.05, 4.69) is 6.92 Å². The summed E-state index contributed by atoms with van der Waals surface area (Å²) in [6.07, 6.45) is 3.89. The third-order valence-corrected chi connectivity index (χ3v) is 3.06. The molecule has 108 valence electrons. The van der Waals surface area contributed by atoms with Crippen molar-refractivity contribution in [1.82, 2.24) is 0 Å². The Hall–Kier alpha value is -0.860. The molecule has 0 spiro atoms. The van der Waals surface area contributed by atoms with Crippen LogP contribution in [0.4, 0.5) is 0 Å². The van der Waals surface area contributed by atoms with Crippen LogP contribution in [-0.4, -0.2) is 18.4 Å². The van der Waals surface area contributed by atoms with Crippen molar-refractivity contribution >= 4 is 11.8 Å². The van der Waals surface area contributed by atoms with E-state index in [0.29, 0.717) is 12.4 Å². The van der Waals surface area contributed by atoms with Gasteiger partial charge in [0.15, 0.2) is 0 Å². The van der Waals surface area contributed by atoms with Gasteiger partial charge in [0.25, 0.3) is 0 Å². The SMILES string of the molecule is CCC(C)C(C)=O.CCCCOC(=O)C(C)CC. The minimum atomic E-state index is -0.0547. The first-order valence-corrected chi connectivity index (χ1v) is 7.07. The maximum absolute atomic E-state index is 11.0. The van der Waals surface area contributed by atoms with Gasteiger partial charge in [-0.05, 0) is 26.2 Å². The number of hydrogen-bond acceptors (Lipinski definition) is 3. The van der Waals surface area contributed by atoms with Crippen LogP contribution in [0.15, 0.2) is 0 Å². The Morgan fingerprint density at radius 2 is 1.50 bits per heavy atom. The second-order valence-electron chi connectivity index (χ2n) is 4.75. The molecule has 0 aromatic carbocycles. The fourth-order valence-electron chi connectivity index (χ4n) is 0.913. The minimum absolute atomic E-state index is 0.0547. The Morgan fingerprint density at radius 1 is 1.00 bits per heavy atom. The Balaban J connectivity index is 0. The molecule has 0 aliphatic heterocycles. The van der Waals surface area contributed by atoms with Crippen molar-refractivity contribution in [1.29, 1.82) is 0 Å². The van der Waals surface area contributed by atoms with Crippen LogP contribution >= 0.6 is 0 Å². The van der Waals surface area contributed by atoms with E-state index in [4.69, 9.17) is 4.74 Å². The van der Waals surface area contributed by atoms with Gasteiger partial charge in [-0.2, -0.15) is 0 Å². The van der Waals surface area contributed by atoms with Gasteiger partial charge in [-0.15, -0.1) is 0 Å². The number of ketones is 1. The molecule has 3 heteroatoms. The van der Waals surface area contributed by atoms with Crippen molar-refractivity contribution in [3.05, 3.63) is 0 Å². The summed E-state index contributed by atoms with van der Waals surface area (Å²) in [7, 11) is 0. The average Bonchev–Trinajstić information content (AvgIpc) is 2.37. The number of rotatable bonds is 7. The van der Waals surface area contributed by atoms with Gasteiger partial charge in [0.05, 0.1) is 12.5 Å². The summed E-state index contributed by atoms with van der Waals surface area (Å²) in [6.45, 7) is 12.2. The normalized spacial score (nSPS) is 13.0. The van der Waals surface area contributed by atoms with Gasteiger partial charge < -0.3 is 4.74 Å². The van der Waals surface area contributed by atoms with E-state index >= 15 is 0 Å². The summed E-state index contributed by atoms with van der Waals surface area (Å²) in [4.78, 5) is 21.4. The van der Waals surface area contributed by atoms with Gasteiger partial charge in [-0.25, -0.2) is 0 Å². The maximum atomic E-state index is 11.0. The third kappa shape index (κ3) is 11.6. The Labute approximate surface area is 112 Å². The lowest BCUT2D eigenvalue weighted by Gasteiger charge is -2.07. The van der Waals surface area contributed by atoms with Crippen LogP contribution < -0.4 is 0 Å². The van der Waals surface area contributed by atoms with Gasteiger partial charge in [-0.1, -0.05) is 41.0 Å². The van der Waals surface area contributed by atoms with E-state index in [-0.39, 0.29) is 17.8 Å². The molecular weight excluding hydrogens is 228 g/mol. The van der Waals surface area contributed by atoms with Crippen LogP contribution in [0.1, 0.15) is 67.2 Å². The molecule has 0 aliphatic rings. The van der Waals surface area contributed by atoms with Crippen molar-refractivity contribution in [3.8, 4) is 0 Å². The zero-order valence-electron chi connectivity index (χ0n) is 12.9. The summed E-state index contributed by atoms with van der Waals surface area (Å²) >= 11 is 0. The fourth-order valence-corrected chi connectivity index (χ4v) is 0.913. The van der Waals surface area contributed by atoms with Crippen LogP contribution in [0.25, 0.3) is 0 Å². The number of carbonyl (C=O) groups is 2. The molecule has 0 saturated carbocycles. The molecular formula is C15H30O3. The lowest BCUT2D eigenvalue weighted by atomic mass is 10.1. The first kappa shape index (κ1) is 19.5. The van der Waals surface area contributed by atoms with Crippen molar-refractivity contribution in [2.24, 2.45) is 11.8 Å². The zero-order chi connectivity index (χ0) is 14.6. The highest BCUT2D eigenvalue weighted by molar-refractivity contribution is 5.77. The molecule has 0 amide bonds. The predicted octanol–water partition coefficient (Wildman–Crippen LogP) is 4.00. The maximum Gasteiger partial charge on any atom is 0.308 e. The highest BCUT2D eigenvalue weighted by Crippen LogP contribution is 2.03. The molecule has 2 unspecified atom stereocenters. The Bertz CT molecular complexity index is 224. The summed E-state index contributed by atoms with van der Waals surface area (Å²) in [5.41, 5.74) is 0. The summed E-state index contributed by atoms with van der Waals surface area (Å²) < 4.78 is 5.00. The van der Waals surface area contributed by atoms with Gasteiger partial charge in [0.1, 0.15) is 5.78 Å². The van der Waals surface area contributed by atoms with Crippen LogP contribution in [-0.2, 0) is 14.3 Å². The average molecular weight is 258 g/mol. The number of hydrogen-bond donors (Lipinski definition) is 0. The first-order chi connectivity index (χ1) is 8.40. The van der Waals surface area contributed by atoms with Gasteiger partial charge in [0.2, 0.25) is 0 Å². The highest BCUT2D eigenvalue weighted by atomic mass is 16.5. The van der Waals surface area contributed by atoms with E-state index in [1.807, 2.05) is 27.7 Å². The summed E-state index contributed by atoms with van der Waals surface area (Å²) in [5, 5.41) is 0. The third-order valence-electron chi connectivity index (χ3n) is 3.06. The predicted molar refractivity (Wildman–Crippen MR) is 75.5 cm³/mol. The minimum Gasteiger partial charge on any atom is -0.465 e. The molecule has 18 heavy (non-hydrogen) atoms. The van der Waals surface area contributed by atoms with Crippen LogP contribution in [0.3, 0.4) is 0 Å². The lowest BCUT2D eigenvalue weighted by molar-refractivity contribution is -0.148. The molecule has 0 aromatic rings. The monoisotopic (exact) mass is 258 g/mol. The standard InChI is InChI=1S/C9H18O2.C6H12O/c1-4-6-7-11-9(10)8(3)5-2;1-4-5(2)6(3)7/h8H,4-7H2,1-3H3;5H,4H2,1-3H3. The van der Waals surface area contributed by atoms with E-state index in [1.54, 1.807) is 6.92 Å². The molecule has 0 rings (SSSR count). The smallest absolute Gasteiger partial charge is 0.308 e. The number of ether oxygens (including phenoxy) is 1. The van der Waals surface area contributed by atoms with Gasteiger partial charge >= 0.3 is 5.97 Å². The Kier molecular flexibility index (Phi) is 13.6. The highest BCUT2D eigenvalue weighted by Gasteiger charge is 2.10. The van der Waals surface area contributed by atoms with E-state index in [1.165, 1.54) is 0 Å². The Morgan fingerprint density at radius 3 is 1.78 bits per heavy atom. The molecule has 0 heterocycles. The number of esters is 1. The van der Waals surface area contributed by atoms with Gasteiger partial charge in [-0.3, -0.25) is 9.59 Å². The second kappa shape index (κ2) is 12.6. The first-order valence-electron chi connectivity index (χ1n) is 7.07. The lowest BCUT2D eigenvalue weighted by Crippen LogP contribution is -2.14.